The van der Waals surface area contributed by atoms with Crippen LogP contribution in [0.1, 0.15) is 25.5 Å². The number of oxazole rings is 1. The first-order chi connectivity index (χ1) is 8.70. The smallest absolute Gasteiger partial charge is 0.260 e. The van der Waals surface area contributed by atoms with Crippen molar-refractivity contribution in [2.24, 2.45) is 0 Å². The van der Waals surface area contributed by atoms with Gasteiger partial charge in [-0.3, -0.25) is 0 Å². The summed E-state index contributed by atoms with van der Waals surface area (Å²) in [6, 6.07) is 6.71. The normalized spacial score (nSPS) is 12.6. The fraction of sp³-hybridized carbons (Fsp3) is 0.308. The molecule has 96 valence electrons. The molecule has 0 fully saturated rings. The highest BCUT2D eigenvalue weighted by atomic mass is 79.9. The van der Waals surface area contributed by atoms with E-state index in [4.69, 9.17) is 4.42 Å². The predicted octanol–water partition coefficient (Wildman–Crippen LogP) is 4.26. The molecule has 2 aromatic rings. The molecule has 0 spiro atoms. The van der Waals surface area contributed by atoms with Crippen molar-refractivity contribution in [1.82, 2.24) is 10.3 Å². The molecule has 1 N–H and O–H groups in total. The number of hydrogen-bond acceptors (Lipinski definition) is 4. The quantitative estimate of drug-likeness (QED) is 0.890. The van der Waals surface area contributed by atoms with Crippen LogP contribution in [0.4, 0.5) is 0 Å². The Kier molecular flexibility index (Phi) is 4.86. The van der Waals surface area contributed by atoms with Crippen LogP contribution in [0.5, 0.6) is 0 Å². The molecule has 0 saturated heterocycles. The van der Waals surface area contributed by atoms with Gasteiger partial charge in [0.05, 0.1) is 6.20 Å². The minimum atomic E-state index is 0.354. The maximum atomic E-state index is 5.23. The van der Waals surface area contributed by atoms with Crippen molar-refractivity contribution in [3.05, 3.63) is 40.7 Å². The number of nitrogens with zero attached hydrogens (tertiary/aromatic N) is 1. The summed E-state index contributed by atoms with van der Waals surface area (Å²) in [5.74, 6) is 0. The van der Waals surface area contributed by atoms with Crippen molar-refractivity contribution < 1.29 is 4.42 Å². The van der Waals surface area contributed by atoms with Gasteiger partial charge in [-0.05, 0) is 58.9 Å². The Hall–Kier alpha value is -0.780. The van der Waals surface area contributed by atoms with E-state index in [1.165, 1.54) is 17.3 Å². The lowest BCUT2D eigenvalue weighted by Gasteiger charge is -2.14. The van der Waals surface area contributed by atoms with Gasteiger partial charge in [-0.15, -0.1) is 0 Å². The van der Waals surface area contributed by atoms with Crippen LogP contribution in [-0.4, -0.2) is 11.5 Å². The van der Waals surface area contributed by atoms with Gasteiger partial charge in [0.2, 0.25) is 0 Å². The number of rotatable bonds is 5. The maximum Gasteiger partial charge on any atom is 0.260 e. The molecule has 1 heterocycles. The molecule has 2 rings (SSSR count). The third-order valence-electron chi connectivity index (χ3n) is 2.57. The second-order valence-corrected chi connectivity index (χ2v) is 5.72. The molecule has 1 unspecified atom stereocenters. The van der Waals surface area contributed by atoms with Gasteiger partial charge in [-0.2, -0.15) is 0 Å². The van der Waals surface area contributed by atoms with Crippen LogP contribution >= 0.6 is 27.7 Å². The zero-order valence-corrected chi connectivity index (χ0v) is 12.7. The molecule has 0 aliphatic heterocycles. The first kappa shape index (κ1) is 13.6. The molecule has 3 nitrogen and oxygen atoms in total. The van der Waals surface area contributed by atoms with Gasteiger partial charge in [0, 0.05) is 15.4 Å². The van der Waals surface area contributed by atoms with Crippen molar-refractivity contribution >= 4 is 27.7 Å². The highest BCUT2D eigenvalue weighted by Crippen LogP contribution is 2.34. The minimum absolute atomic E-state index is 0.354. The third-order valence-corrected chi connectivity index (χ3v) is 4.44. The van der Waals surface area contributed by atoms with Crippen molar-refractivity contribution in [3.8, 4) is 0 Å². The molecule has 0 saturated carbocycles. The molecule has 0 amide bonds. The Morgan fingerprint density at radius 2 is 2.33 bits per heavy atom. The van der Waals surface area contributed by atoms with E-state index < -0.39 is 0 Å². The van der Waals surface area contributed by atoms with Gasteiger partial charge < -0.3 is 9.73 Å². The second-order valence-electron chi connectivity index (χ2n) is 3.87. The van der Waals surface area contributed by atoms with Gasteiger partial charge in [-0.1, -0.05) is 13.0 Å². The number of halogens is 1. The van der Waals surface area contributed by atoms with Crippen LogP contribution in [0.2, 0.25) is 0 Å². The topological polar surface area (TPSA) is 38.1 Å². The molecular formula is C13H15BrN2OS. The van der Waals surface area contributed by atoms with Crippen LogP contribution in [0.25, 0.3) is 0 Å². The van der Waals surface area contributed by atoms with E-state index in [2.05, 4.69) is 58.3 Å². The van der Waals surface area contributed by atoms with Crippen molar-refractivity contribution in [3.63, 3.8) is 0 Å². The van der Waals surface area contributed by atoms with Gasteiger partial charge in [0.25, 0.3) is 5.22 Å². The van der Waals surface area contributed by atoms with Gasteiger partial charge >= 0.3 is 0 Å². The Labute approximate surface area is 120 Å². The zero-order valence-electron chi connectivity index (χ0n) is 10.3. The highest BCUT2D eigenvalue weighted by Gasteiger charge is 2.09. The molecule has 1 aromatic heterocycles. The summed E-state index contributed by atoms with van der Waals surface area (Å²) in [7, 11) is 0. The molecule has 1 atom stereocenters. The van der Waals surface area contributed by atoms with Crippen LogP contribution in [-0.2, 0) is 0 Å². The average molecular weight is 327 g/mol. The van der Waals surface area contributed by atoms with E-state index in [-0.39, 0.29) is 0 Å². The Balaban J connectivity index is 2.14. The summed E-state index contributed by atoms with van der Waals surface area (Å²) in [5, 5.41) is 4.05. The van der Waals surface area contributed by atoms with E-state index in [1.54, 1.807) is 12.5 Å². The van der Waals surface area contributed by atoms with Gasteiger partial charge in [0.15, 0.2) is 0 Å². The van der Waals surface area contributed by atoms with Crippen LogP contribution in [0.3, 0.4) is 0 Å². The van der Waals surface area contributed by atoms with Gasteiger partial charge in [-0.25, -0.2) is 4.98 Å². The van der Waals surface area contributed by atoms with Gasteiger partial charge in [0.1, 0.15) is 6.26 Å². The molecule has 5 heteroatoms. The van der Waals surface area contributed by atoms with E-state index in [0.717, 1.165) is 15.9 Å². The van der Waals surface area contributed by atoms with Crippen molar-refractivity contribution in [2.45, 2.75) is 30.0 Å². The summed E-state index contributed by atoms with van der Waals surface area (Å²) in [6.07, 6.45) is 3.23. The summed E-state index contributed by atoms with van der Waals surface area (Å²) in [4.78, 5) is 5.20. The second kappa shape index (κ2) is 6.41. The first-order valence-electron chi connectivity index (χ1n) is 5.81. The highest BCUT2D eigenvalue weighted by molar-refractivity contribution is 9.10. The zero-order chi connectivity index (χ0) is 13.0. The van der Waals surface area contributed by atoms with E-state index in [9.17, 15) is 0 Å². The standard InChI is InChI=1S/C13H15BrN2OS/c1-3-15-9(2)10-4-5-12(11(14)8-10)18-13-16-6-7-17-13/h4-9,15H,3H2,1-2H3. The minimum Gasteiger partial charge on any atom is -0.440 e. The summed E-state index contributed by atoms with van der Waals surface area (Å²) in [5.41, 5.74) is 1.26. The Morgan fingerprint density at radius 1 is 1.50 bits per heavy atom. The summed E-state index contributed by atoms with van der Waals surface area (Å²) >= 11 is 5.10. The van der Waals surface area contributed by atoms with Crippen LogP contribution < -0.4 is 5.32 Å². The summed E-state index contributed by atoms with van der Waals surface area (Å²) in [6.45, 7) is 5.23. The Bertz CT molecular complexity index is 502. The lowest BCUT2D eigenvalue weighted by Crippen LogP contribution is -2.17. The Morgan fingerprint density at radius 3 is 2.94 bits per heavy atom. The van der Waals surface area contributed by atoms with Crippen LogP contribution in [0, 0.1) is 0 Å². The van der Waals surface area contributed by atoms with E-state index >= 15 is 0 Å². The monoisotopic (exact) mass is 326 g/mol. The van der Waals surface area contributed by atoms with E-state index in [0.29, 0.717) is 11.3 Å². The molecule has 1 aromatic carbocycles. The predicted molar refractivity (Wildman–Crippen MR) is 76.9 cm³/mol. The van der Waals surface area contributed by atoms with E-state index in [1.807, 2.05) is 0 Å². The lowest BCUT2D eigenvalue weighted by molar-refractivity contribution is 0.454. The number of benzene rings is 1. The SMILES string of the molecule is CCNC(C)c1ccc(Sc2ncco2)c(Br)c1. The number of hydrogen-bond donors (Lipinski definition) is 1. The van der Waals surface area contributed by atoms with Crippen molar-refractivity contribution in [1.29, 1.82) is 0 Å². The number of aromatic nitrogens is 1. The first-order valence-corrected chi connectivity index (χ1v) is 7.42. The van der Waals surface area contributed by atoms with Crippen molar-refractivity contribution in [2.75, 3.05) is 6.54 Å². The molecule has 0 bridgehead atoms. The fourth-order valence-electron chi connectivity index (χ4n) is 1.65. The largest absolute Gasteiger partial charge is 0.440 e. The van der Waals surface area contributed by atoms with Crippen LogP contribution in [0.15, 0.2) is 49.7 Å². The molecule has 18 heavy (non-hydrogen) atoms. The molecular weight excluding hydrogens is 312 g/mol. The maximum absolute atomic E-state index is 5.23. The summed E-state index contributed by atoms with van der Waals surface area (Å²) < 4.78 is 6.29. The number of nitrogens with one attached hydrogen (secondary N) is 1. The average Bonchev–Trinajstić information content (AvgIpc) is 2.85. The molecule has 0 aliphatic carbocycles. The third kappa shape index (κ3) is 3.37. The lowest BCUT2D eigenvalue weighted by atomic mass is 10.1. The fourth-order valence-corrected chi connectivity index (χ4v) is 2.99. The molecule has 0 radical (unpaired) electrons. The molecule has 0 aliphatic rings.